The molecule has 0 radical (unpaired) electrons. The molecular weight excluding hydrogens is 370 g/mol. The molecule has 1 heterocycles. The van der Waals surface area contributed by atoms with Gasteiger partial charge in [-0.05, 0) is 25.7 Å². The van der Waals surface area contributed by atoms with Crippen LogP contribution in [0.1, 0.15) is 52.9 Å². The largest absolute Gasteiger partial charge is 0.383 e. The van der Waals surface area contributed by atoms with Crippen LogP contribution in [0.5, 0.6) is 0 Å². The second-order valence-corrected chi connectivity index (χ2v) is 8.17. The first-order valence-corrected chi connectivity index (χ1v) is 10.9. The SMILES string of the molecule is CN=C(NCCCCCC(=O)N1CCN(C(=O)CC(C)C)CC1)NC(C)COC. The number of piperazine rings is 1. The van der Waals surface area contributed by atoms with E-state index in [4.69, 9.17) is 4.74 Å². The number of guanidine groups is 1. The van der Waals surface area contributed by atoms with Crippen molar-refractivity contribution in [2.45, 2.75) is 58.9 Å². The zero-order chi connectivity index (χ0) is 21.6. The Morgan fingerprint density at radius 2 is 1.62 bits per heavy atom. The molecule has 1 aliphatic rings. The minimum absolute atomic E-state index is 0.199. The highest BCUT2D eigenvalue weighted by Gasteiger charge is 2.23. The maximum atomic E-state index is 12.4. The molecule has 8 heteroatoms. The van der Waals surface area contributed by atoms with E-state index in [2.05, 4.69) is 29.5 Å². The van der Waals surface area contributed by atoms with E-state index >= 15 is 0 Å². The van der Waals surface area contributed by atoms with E-state index < -0.39 is 0 Å². The number of carbonyl (C=O) groups excluding carboxylic acids is 2. The second-order valence-electron chi connectivity index (χ2n) is 8.17. The first-order valence-electron chi connectivity index (χ1n) is 10.9. The summed E-state index contributed by atoms with van der Waals surface area (Å²) in [5, 5.41) is 6.56. The normalized spacial score (nSPS) is 16.1. The number of aliphatic imine (C=N–C) groups is 1. The third-order valence-corrected chi connectivity index (χ3v) is 4.95. The third-order valence-electron chi connectivity index (χ3n) is 4.95. The number of hydrogen-bond acceptors (Lipinski definition) is 4. The maximum Gasteiger partial charge on any atom is 0.222 e. The molecule has 0 spiro atoms. The third kappa shape index (κ3) is 10.5. The van der Waals surface area contributed by atoms with Gasteiger partial charge in [0, 0.05) is 65.8 Å². The number of unbranched alkanes of at least 4 members (excludes halogenated alkanes) is 2. The number of nitrogens with one attached hydrogen (secondary N) is 2. The van der Waals surface area contributed by atoms with Crippen molar-refractivity contribution in [3.63, 3.8) is 0 Å². The minimum Gasteiger partial charge on any atom is -0.383 e. The summed E-state index contributed by atoms with van der Waals surface area (Å²) in [6.45, 7) is 10.2. The summed E-state index contributed by atoms with van der Waals surface area (Å²) < 4.78 is 5.11. The van der Waals surface area contributed by atoms with Crippen LogP contribution >= 0.6 is 0 Å². The second kappa shape index (κ2) is 14.2. The topological polar surface area (TPSA) is 86.3 Å². The monoisotopic (exact) mass is 411 g/mol. The average Bonchev–Trinajstić information content (AvgIpc) is 2.69. The lowest BCUT2D eigenvalue weighted by Crippen LogP contribution is -2.50. The molecule has 0 saturated carbocycles. The number of nitrogens with zero attached hydrogens (tertiary/aromatic N) is 3. The van der Waals surface area contributed by atoms with E-state index in [1.807, 2.05) is 16.7 Å². The van der Waals surface area contributed by atoms with Gasteiger partial charge in [0.1, 0.15) is 0 Å². The predicted octanol–water partition coefficient (Wildman–Crippen LogP) is 1.46. The molecule has 0 bridgehead atoms. The molecule has 0 aromatic rings. The number of ether oxygens (including phenoxy) is 1. The standard InChI is InChI=1S/C21H41N5O3/c1-17(2)15-20(28)26-13-11-25(12-14-26)19(27)9-7-6-8-10-23-21(22-4)24-18(3)16-29-5/h17-18H,6-16H2,1-5H3,(H2,22,23,24). The highest BCUT2D eigenvalue weighted by atomic mass is 16.5. The van der Waals surface area contributed by atoms with Gasteiger partial charge in [-0.2, -0.15) is 0 Å². The summed E-state index contributed by atoms with van der Waals surface area (Å²) in [5.41, 5.74) is 0. The summed E-state index contributed by atoms with van der Waals surface area (Å²) in [4.78, 5) is 32.5. The first kappa shape index (κ1) is 25.2. The molecule has 0 aliphatic carbocycles. The molecule has 1 saturated heterocycles. The lowest BCUT2D eigenvalue weighted by molar-refractivity contribution is -0.140. The quantitative estimate of drug-likeness (QED) is 0.305. The lowest BCUT2D eigenvalue weighted by atomic mass is 10.1. The van der Waals surface area contributed by atoms with Gasteiger partial charge in [0.15, 0.2) is 5.96 Å². The first-order chi connectivity index (χ1) is 13.9. The van der Waals surface area contributed by atoms with Crippen molar-refractivity contribution < 1.29 is 14.3 Å². The van der Waals surface area contributed by atoms with Crippen molar-refractivity contribution in [2.24, 2.45) is 10.9 Å². The smallest absolute Gasteiger partial charge is 0.222 e. The van der Waals surface area contributed by atoms with Gasteiger partial charge in [-0.1, -0.05) is 20.3 Å². The highest BCUT2D eigenvalue weighted by molar-refractivity contribution is 5.80. The molecule has 8 nitrogen and oxygen atoms in total. The molecule has 2 N–H and O–H groups in total. The Labute approximate surface area is 176 Å². The summed E-state index contributed by atoms with van der Waals surface area (Å²) in [5.74, 6) is 1.57. The van der Waals surface area contributed by atoms with Gasteiger partial charge in [-0.25, -0.2) is 0 Å². The number of amides is 2. The van der Waals surface area contributed by atoms with Gasteiger partial charge < -0.3 is 25.2 Å². The van der Waals surface area contributed by atoms with Crippen molar-refractivity contribution in [1.82, 2.24) is 20.4 Å². The molecule has 2 amide bonds. The minimum atomic E-state index is 0.199. The fourth-order valence-corrected chi connectivity index (χ4v) is 3.35. The van der Waals surface area contributed by atoms with Crippen LogP contribution in [0.4, 0.5) is 0 Å². The molecule has 1 atom stereocenters. The van der Waals surface area contributed by atoms with Crippen molar-refractivity contribution in [3.05, 3.63) is 0 Å². The van der Waals surface area contributed by atoms with Crippen molar-refractivity contribution in [3.8, 4) is 0 Å². The summed E-state index contributed by atoms with van der Waals surface area (Å²) >= 11 is 0. The Balaban J connectivity index is 2.13. The van der Waals surface area contributed by atoms with Crippen LogP contribution in [0.25, 0.3) is 0 Å². The maximum absolute atomic E-state index is 12.4. The van der Waals surface area contributed by atoms with Crippen LogP contribution < -0.4 is 10.6 Å². The fourth-order valence-electron chi connectivity index (χ4n) is 3.35. The van der Waals surface area contributed by atoms with Gasteiger partial charge in [-0.3, -0.25) is 14.6 Å². The van der Waals surface area contributed by atoms with Crippen LogP contribution in [-0.2, 0) is 14.3 Å². The Kier molecular flexibility index (Phi) is 12.3. The number of carbonyl (C=O) groups is 2. The van der Waals surface area contributed by atoms with E-state index in [0.29, 0.717) is 51.5 Å². The Hall–Kier alpha value is -1.83. The van der Waals surface area contributed by atoms with Gasteiger partial charge >= 0.3 is 0 Å². The Morgan fingerprint density at radius 1 is 1.00 bits per heavy atom. The molecule has 29 heavy (non-hydrogen) atoms. The molecule has 1 fully saturated rings. The van der Waals surface area contributed by atoms with E-state index in [0.717, 1.165) is 31.8 Å². The summed E-state index contributed by atoms with van der Waals surface area (Å²) in [6.07, 6.45) is 4.05. The van der Waals surface area contributed by atoms with E-state index in [9.17, 15) is 9.59 Å². The molecular formula is C21H41N5O3. The molecule has 1 rings (SSSR count). The zero-order valence-electron chi connectivity index (χ0n) is 19.0. The summed E-state index contributed by atoms with van der Waals surface area (Å²) in [7, 11) is 3.44. The molecule has 168 valence electrons. The summed E-state index contributed by atoms with van der Waals surface area (Å²) in [6, 6.07) is 0.199. The fraction of sp³-hybridized carbons (Fsp3) is 0.857. The Bertz CT molecular complexity index is 516. The van der Waals surface area contributed by atoms with Crippen molar-refractivity contribution >= 4 is 17.8 Å². The molecule has 0 aromatic heterocycles. The number of methoxy groups -OCH3 is 1. The van der Waals surface area contributed by atoms with Crippen molar-refractivity contribution in [1.29, 1.82) is 0 Å². The van der Waals surface area contributed by atoms with Gasteiger partial charge in [0.05, 0.1) is 6.61 Å². The van der Waals surface area contributed by atoms with Crippen LogP contribution in [0.2, 0.25) is 0 Å². The van der Waals surface area contributed by atoms with Crippen LogP contribution in [0.3, 0.4) is 0 Å². The molecule has 1 unspecified atom stereocenters. The van der Waals surface area contributed by atoms with Crippen LogP contribution in [0, 0.1) is 5.92 Å². The van der Waals surface area contributed by atoms with Crippen LogP contribution in [-0.4, -0.2) is 87.1 Å². The van der Waals surface area contributed by atoms with Gasteiger partial charge in [0.25, 0.3) is 0 Å². The van der Waals surface area contributed by atoms with E-state index in [1.54, 1.807) is 14.2 Å². The predicted molar refractivity (Wildman–Crippen MR) is 117 cm³/mol. The van der Waals surface area contributed by atoms with Crippen LogP contribution in [0.15, 0.2) is 4.99 Å². The number of rotatable bonds is 11. The number of hydrogen-bond donors (Lipinski definition) is 2. The zero-order valence-corrected chi connectivity index (χ0v) is 19.0. The average molecular weight is 412 g/mol. The molecule has 0 aromatic carbocycles. The lowest BCUT2D eigenvalue weighted by Gasteiger charge is -2.35. The van der Waals surface area contributed by atoms with E-state index in [1.165, 1.54) is 0 Å². The van der Waals surface area contributed by atoms with E-state index in [-0.39, 0.29) is 17.9 Å². The molecule has 1 aliphatic heterocycles. The van der Waals surface area contributed by atoms with Crippen molar-refractivity contribution in [2.75, 3.05) is 53.5 Å². The Morgan fingerprint density at radius 3 is 2.17 bits per heavy atom. The van der Waals surface area contributed by atoms with Gasteiger partial charge in [0.2, 0.25) is 11.8 Å². The highest BCUT2D eigenvalue weighted by Crippen LogP contribution is 2.10. The van der Waals surface area contributed by atoms with Gasteiger partial charge in [-0.15, -0.1) is 0 Å².